The summed E-state index contributed by atoms with van der Waals surface area (Å²) in [5, 5.41) is 25.1. The number of nitro groups is 2. The number of amides is 1. The first-order valence-electron chi connectivity index (χ1n) is 9.25. The zero-order valence-electron chi connectivity index (χ0n) is 16.7. The first-order chi connectivity index (χ1) is 15.6. The van der Waals surface area contributed by atoms with Gasteiger partial charge in [-0.1, -0.05) is 11.6 Å². The molecule has 0 aliphatic rings. The molecule has 3 aromatic carbocycles. The van der Waals surface area contributed by atoms with Crippen molar-refractivity contribution in [3.8, 4) is 11.5 Å². The van der Waals surface area contributed by atoms with Crippen LogP contribution in [0.5, 0.6) is 0 Å². The summed E-state index contributed by atoms with van der Waals surface area (Å²) in [6.45, 7) is 1.24. The molecular weight excluding hydrogens is 459 g/mol. The van der Waals surface area contributed by atoms with Crippen molar-refractivity contribution in [1.82, 2.24) is 4.98 Å². The van der Waals surface area contributed by atoms with Gasteiger partial charge in [0.2, 0.25) is 5.89 Å². The van der Waals surface area contributed by atoms with Crippen molar-refractivity contribution >= 4 is 45.7 Å². The lowest BCUT2D eigenvalue weighted by molar-refractivity contribution is -0.395. The number of fused-ring (bicyclic) bond motifs is 1. The molecule has 166 valence electrons. The summed E-state index contributed by atoms with van der Waals surface area (Å²) in [6.07, 6.45) is 0. The van der Waals surface area contributed by atoms with E-state index in [0.29, 0.717) is 16.7 Å². The molecule has 0 bridgehead atoms. The molecule has 33 heavy (non-hydrogen) atoms. The van der Waals surface area contributed by atoms with Crippen molar-refractivity contribution in [1.29, 1.82) is 0 Å². The van der Waals surface area contributed by atoms with Crippen LogP contribution in [0.15, 0.2) is 52.9 Å². The Labute approximate surface area is 188 Å². The predicted octanol–water partition coefficient (Wildman–Crippen LogP) is 5.66. The van der Waals surface area contributed by atoms with E-state index in [2.05, 4.69) is 10.3 Å². The zero-order chi connectivity index (χ0) is 23.9. The molecule has 4 rings (SSSR count). The number of carbonyl (C=O) groups excluding carboxylic acids is 1. The Bertz CT molecular complexity index is 1430. The van der Waals surface area contributed by atoms with Crippen LogP contribution < -0.4 is 5.32 Å². The highest BCUT2D eigenvalue weighted by atomic mass is 35.5. The van der Waals surface area contributed by atoms with E-state index in [1.807, 2.05) is 0 Å². The third-order valence-electron chi connectivity index (χ3n) is 4.82. The molecule has 0 radical (unpaired) electrons. The highest BCUT2D eigenvalue weighted by Gasteiger charge is 2.25. The largest absolute Gasteiger partial charge is 0.436 e. The molecule has 0 fully saturated rings. The van der Waals surface area contributed by atoms with Gasteiger partial charge in [0.25, 0.3) is 17.3 Å². The second-order valence-electron chi connectivity index (χ2n) is 6.93. The highest BCUT2D eigenvalue weighted by molar-refractivity contribution is 6.33. The summed E-state index contributed by atoms with van der Waals surface area (Å²) in [7, 11) is 0. The number of hydrogen-bond donors (Lipinski definition) is 1. The molecule has 0 spiro atoms. The van der Waals surface area contributed by atoms with Crippen LogP contribution in [0.1, 0.15) is 15.9 Å². The second-order valence-corrected chi connectivity index (χ2v) is 7.34. The van der Waals surface area contributed by atoms with E-state index < -0.39 is 32.9 Å². The molecule has 1 amide bonds. The number of halogens is 2. The van der Waals surface area contributed by atoms with Gasteiger partial charge in [-0.3, -0.25) is 25.0 Å². The number of oxazole rings is 1. The third-order valence-corrected chi connectivity index (χ3v) is 5.13. The Hall–Kier alpha value is -4.38. The van der Waals surface area contributed by atoms with Crippen molar-refractivity contribution in [2.75, 3.05) is 5.32 Å². The van der Waals surface area contributed by atoms with Gasteiger partial charge in [0.15, 0.2) is 5.58 Å². The Morgan fingerprint density at radius 2 is 1.73 bits per heavy atom. The average Bonchev–Trinajstić information content (AvgIpc) is 3.16. The first-order valence-corrected chi connectivity index (χ1v) is 9.62. The molecule has 0 aliphatic carbocycles. The molecular formula is C21H12ClFN4O6. The molecule has 0 atom stereocenters. The molecule has 0 saturated heterocycles. The minimum absolute atomic E-state index is 0.109. The molecule has 1 N–H and O–H groups in total. The number of benzene rings is 3. The van der Waals surface area contributed by atoms with Crippen molar-refractivity contribution in [3.05, 3.63) is 90.7 Å². The van der Waals surface area contributed by atoms with Crippen LogP contribution in [-0.2, 0) is 0 Å². The van der Waals surface area contributed by atoms with E-state index in [0.717, 1.165) is 18.2 Å². The van der Waals surface area contributed by atoms with Crippen LogP contribution in [0.25, 0.3) is 22.6 Å². The fourth-order valence-electron chi connectivity index (χ4n) is 3.18. The zero-order valence-corrected chi connectivity index (χ0v) is 17.4. The van der Waals surface area contributed by atoms with Gasteiger partial charge >= 0.3 is 0 Å². The van der Waals surface area contributed by atoms with E-state index in [9.17, 15) is 29.4 Å². The van der Waals surface area contributed by atoms with E-state index >= 15 is 0 Å². The second kappa shape index (κ2) is 8.28. The van der Waals surface area contributed by atoms with Crippen LogP contribution in [0.2, 0.25) is 5.02 Å². The summed E-state index contributed by atoms with van der Waals surface area (Å²) in [5.74, 6) is -1.16. The molecule has 12 heteroatoms. The maximum absolute atomic E-state index is 13.3. The number of nitro benzene ring substituents is 2. The molecule has 1 heterocycles. The Morgan fingerprint density at radius 3 is 2.33 bits per heavy atom. The quantitative estimate of drug-likeness (QED) is 0.292. The van der Waals surface area contributed by atoms with Crippen LogP contribution >= 0.6 is 11.6 Å². The lowest BCUT2D eigenvalue weighted by Crippen LogP contribution is -2.13. The van der Waals surface area contributed by atoms with Crippen LogP contribution in [0.3, 0.4) is 0 Å². The molecule has 1 aromatic heterocycles. The fourth-order valence-corrected chi connectivity index (χ4v) is 3.43. The number of nitrogens with zero attached hydrogens (tertiary/aromatic N) is 3. The number of hydrogen-bond acceptors (Lipinski definition) is 7. The lowest BCUT2D eigenvalue weighted by atomic mass is 10.1. The van der Waals surface area contributed by atoms with E-state index in [1.54, 1.807) is 0 Å². The molecule has 4 aromatic rings. The number of carbonyl (C=O) groups is 1. The predicted molar refractivity (Wildman–Crippen MR) is 117 cm³/mol. The van der Waals surface area contributed by atoms with Gasteiger partial charge in [0, 0.05) is 17.8 Å². The average molecular weight is 471 g/mol. The SMILES string of the molecule is Cc1c([N+](=O)[O-])cc(C(=O)Nc2ccc3oc(-c4ccc(F)cc4Cl)nc3c2)cc1[N+](=O)[O-]. The first kappa shape index (κ1) is 21.8. The maximum Gasteiger partial charge on any atom is 0.279 e. The van der Waals surface area contributed by atoms with E-state index in [1.165, 1.54) is 37.3 Å². The van der Waals surface area contributed by atoms with E-state index in [-0.39, 0.29) is 27.7 Å². The number of aromatic nitrogens is 1. The van der Waals surface area contributed by atoms with Gasteiger partial charge in [-0.2, -0.15) is 0 Å². The summed E-state index contributed by atoms with van der Waals surface area (Å²) >= 11 is 6.05. The van der Waals surface area contributed by atoms with Crippen molar-refractivity contribution in [2.24, 2.45) is 0 Å². The van der Waals surface area contributed by atoms with Crippen molar-refractivity contribution in [3.63, 3.8) is 0 Å². The van der Waals surface area contributed by atoms with Crippen molar-refractivity contribution < 1.29 is 23.4 Å². The third kappa shape index (κ3) is 4.21. The van der Waals surface area contributed by atoms with Gasteiger partial charge in [-0.15, -0.1) is 0 Å². The number of nitrogens with one attached hydrogen (secondary N) is 1. The summed E-state index contributed by atoms with van der Waals surface area (Å²) in [4.78, 5) is 37.9. The Morgan fingerprint density at radius 1 is 1.06 bits per heavy atom. The van der Waals surface area contributed by atoms with E-state index in [4.69, 9.17) is 16.0 Å². The maximum atomic E-state index is 13.3. The Kier molecular flexibility index (Phi) is 5.48. The highest BCUT2D eigenvalue weighted by Crippen LogP contribution is 2.32. The number of rotatable bonds is 5. The minimum Gasteiger partial charge on any atom is -0.436 e. The van der Waals surface area contributed by atoms with Gasteiger partial charge in [-0.05, 0) is 43.3 Å². The summed E-state index contributed by atoms with van der Waals surface area (Å²) in [6, 6.07) is 10.2. The van der Waals surface area contributed by atoms with Gasteiger partial charge in [0.05, 0.1) is 26.0 Å². The van der Waals surface area contributed by atoms with Gasteiger partial charge in [0.1, 0.15) is 16.9 Å². The lowest BCUT2D eigenvalue weighted by Gasteiger charge is -2.06. The van der Waals surface area contributed by atoms with Crippen molar-refractivity contribution in [2.45, 2.75) is 6.92 Å². The molecule has 10 nitrogen and oxygen atoms in total. The van der Waals surface area contributed by atoms with Crippen LogP contribution in [-0.4, -0.2) is 20.7 Å². The molecule has 0 aliphatic heterocycles. The summed E-state index contributed by atoms with van der Waals surface area (Å²) in [5.41, 5.74) is -0.128. The van der Waals surface area contributed by atoms with Gasteiger partial charge < -0.3 is 9.73 Å². The standard InChI is InChI=1S/C21H12ClFN4O6/c1-10-17(26(29)30)6-11(7-18(10)27(31)32)20(28)24-13-3-5-19-16(9-13)25-21(33-19)14-4-2-12(23)8-15(14)22/h2-9H,1H3,(H,24,28). The van der Waals surface area contributed by atoms with Gasteiger partial charge in [-0.25, -0.2) is 9.37 Å². The topological polar surface area (TPSA) is 141 Å². The molecule has 0 saturated carbocycles. The molecule has 0 unspecified atom stereocenters. The summed E-state index contributed by atoms with van der Waals surface area (Å²) < 4.78 is 18.9. The fraction of sp³-hybridized carbons (Fsp3) is 0.0476. The number of anilines is 1. The Balaban J connectivity index is 1.66. The van der Waals surface area contributed by atoms with Crippen LogP contribution in [0, 0.1) is 33.0 Å². The minimum atomic E-state index is -0.789. The smallest absolute Gasteiger partial charge is 0.279 e. The monoisotopic (exact) mass is 470 g/mol. The normalized spacial score (nSPS) is 10.9. The van der Waals surface area contributed by atoms with Crippen LogP contribution in [0.4, 0.5) is 21.5 Å².